The van der Waals surface area contributed by atoms with Gasteiger partial charge in [-0.1, -0.05) is 84.9 Å². The highest BCUT2D eigenvalue weighted by molar-refractivity contribution is 5.86. The fourth-order valence-electron chi connectivity index (χ4n) is 6.88. The highest BCUT2D eigenvalue weighted by Gasteiger charge is 2.33. The van der Waals surface area contributed by atoms with Crippen LogP contribution in [0.5, 0.6) is 0 Å². The molecule has 0 bridgehead atoms. The monoisotopic (exact) mass is 693 g/mol. The third-order valence-electron chi connectivity index (χ3n) is 9.59. The predicted octanol–water partition coefficient (Wildman–Crippen LogP) is 5.44. The normalized spacial score (nSPS) is 16.4. The molecule has 3 amide bonds. The Balaban J connectivity index is 1.12. The molecule has 2 aliphatic rings. The van der Waals surface area contributed by atoms with Crippen LogP contribution in [0.25, 0.3) is 11.1 Å². The van der Waals surface area contributed by atoms with E-state index in [4.69, 9.17) is 9.47 Å². The van der Waals surface area contributed by atoms with Crippen molar-refractivity contribution in [3.05, 3.63) is 120 Å². The molecular weight excluding hydrogens is 646 g/mol. The number of ether oxygens (including phenoxy) is 2. The largest absolute Gasteiger partial charge is 0.459 e. The molecule has 5 rings (SSSR count). The smallest absolute Gasteiger partial charge is 0.407 e. The van der Waals surface area contributed by atoms with Gasteiger partial charge in [0.1, 0.15) is 18.8 Å². The van der Waals surface area contributed by atoms with E-state index in [-0.39, 0.29) is 62.8 Å². The van der Waals surface area contributed by atoms with E-state index in [9.17, 15) is 24.3 Å². The van der Waals surface area contributed by atoms with Gasteiger partial charge in [-0.15, -0.1) is 13.2 Å². The standard InChI is InChI=1S/C41H47N3O7/c1-4-6-20-37(43-41(49)50-26-36-34-18-11-9-16-32(34)33-17-10-12-19-35(33)36)40(48)51-27(3)23-42-39(47)29(13-5-2)22-38(46)44-24-30-15-8-7-14-28(30)21-31(44)25-45/h4-5,7-12,14-19,27,29,31,36-37,45H,1-2,6,13,20-26H2,3H3,(H,42,47)(H,43,49)/t27-,29-,31-,37-/m0/s1. The van der Waals surface area contributed by atoms with Gasteiger partial charge in [-0.2, -0.15) is 0 Å². The summed E-state index contributed by atoms with van der Waals surface area (Å²) in [4.78, 5) is 54.5. The molecule has 0 saturated carbocycles. The molecule has 0 unspecified atom stereocenters. The van der Waals surface area contributed by atoms with Crippen LogP contribution < -0.4 is 10.6 Å². The number of esters is 1. The maximum absolute atomic E-state index is 13.4. The van der Waals surface area contributed by atoms with Crippen molar-refractivity contribution in [1.82, 2.24) is 15.5 Å². The molecule has 0 spiro atoms. The van der Waals surface area contributed by atoms with Gasteiger partial charge in [0, 0.05) is 18.9 Å². The van der Waals surface area contributed by atoms with E-state index in [2.05, 4.69) is 35.9 Å². The van der Waals surface area contributed by atoms with Crippen LogP contribution in [0.1, 0.15) is 60.8 Å². The van der Waals surface area contributed by atoms with Gasteiger partial charge in [-0.3, -0.25) is 9.59 Å². The molecular formula is C41H47N3O7. The third-order valence-corrected chi connectivity index (χ3v) is 9.59. The van der Waals surface area contributed by atoms with Gasteiger partial charge in [0.05, 0.1) is 25.1 Å². The minimum Gasteiger partial charge on any atom is -0.459 e. The second kappa shape index (κ2) is 17.6. The molecule has 0 fully saturated rings. The first kappa shape index (κ1) is 37.0. The van der Waals surface area contributed by atoms with Crippen molar-refractivity contribution in [1.29, 1.82) is 0 Å². The summed E-state index contributed by atoms with van der Waals surface area (Å²) in [6.07, 6.45) is 3.24. The molecule has 0 radical (unpaired) electrons. The molecule has 3 aromatic carbocycles. The van der Waals surface area contributed by atoms with Crippen LogP contribution in [-0.2, 0) is 36.8 Å². The van der Waals surface area contributed by atoms with E-state index >= 15 is 0 Å². The van der Waals surface area contributed by atoms with Crippen molar-refractivity contribution < 1.29 is 33.8 Å². The summed E-state index contributed by atoms with van der Waals surface area (Å²) < 4.78 is 11.3. The summed E-state index contributed by atoms with van der Waals surface area (Å²) in [5, 5.41) is 15.5. The first-order chi connectivity index (χ1) is 24.7. The van der Waals surface area contributed by atoms with E-state index in [1.165, 1.54) is 0 Å². The molecule has 3 N–H and O–H groups in total. The minimum absolute atomic E-state index is 0.00187. The number of rotatable bonds is 16. The van der Waals surface area contributed by atoms with Crippen LogP contribution in [0.2, 0.25) is 0 Å². The van der Waals surface area contributed by atoms with E-state index in [0.717, 1.165) is 33.4 Å². The van der Waals surface area contributed by atoms with E-state index in [0.29, 0.717) is 19.4 Å². The molecule has 3 aromatic rings. The van der Waals surface area contributed by atoms with Crippen LogP contribution in [-0.4, -0.2) is 71.8 Å². The van der Waals surface area contributed by atoms with Crippen molar-refractivity contribution in [2.45, 2.75) is 69.7 Å². The second-order valence-electron chi connectivity index (χ2n) is 13.1. The lowest BCUT2D eigenvalue weighted by Gasteiger charge is -2.36. The average Bonchev–Trinajstić information content (AvgIpc) is 3.47. The first-order valence-corrected chi connectivity index (χ1v) is 17.5. The van der Waals surface area contributed by atoms with Gasteiger partial charge in [0.25, 0.3) is 0 Å². The Morgan fingerprint density at radius 1 is 0.941 bits per heavy atom. The van der Waals surface area contributed by atoms with Gasteiger partial charge in [0.15, 0.2) is 0 Å². The number of nitrogens with zero attached hydrogens (tertiary/aromatic N) is 1. The number of hydrogen-bond acceptors (Lipinski definition) is 7. The zero-order chi connectivity index (χ0) is 36.3. The second-order valence-corrected chi connectivity index (χ2v) is 13.1. The molecule has 10 heteroatoms. The number of alkyl carbamates (subject to hydrolysis) is 1. The van der Waals surface area contributed by atoms with Crippen LogP contribution in [0.4, 0.5) is 4.79 Å². The highest BCUT2D eigenvalue weighted by Crippen LogP contribution is 2.44. The highest BCUT2D eigenvalue weighted by atomic mass is 16.6. The van der Waals surface area contributed by atoms with Crippen molar-refractivity contribution in [2.75, 3.05) is 19.8 Å². The number of amides is 3. The van der Waals surface area contributed by atoms with Crippen molar-refractivity contribution in [2.24, 2.45) is 5.92 Å². The van der Waals surface area contributed by atoms with Crippen LogP contribution in [0.15, 0.2) is 98.1 Å². The molecule has 1 aliphatic carbocycles. The van der Waals surface area contributed by atoms with Gasteiger partial charge < -0.3 is 30.1 Å². The van der Waals surface area contributed by atoms with Gasteiger partial charge in [0.2, 0.25) is 11.8 Å². The van der Waals surface area contributed by atoms with Crippen LogP contribution in [0, 0.1) is 5.92 Å². The van der Waals surface area contributed by atoms with Gasteiger partial charge in [-0.25, -0.2) is 9.59 Å². The van der Waals surface area contributed by atoms with Crippen molar-refractivity contribution in [3.63, 3.8) is 0 Å². The molecule has 1 heterocycles. The molecule has 0 saturated heterocycles. The number of aliphatic hydroxyl groups excluding tert-OH is 1. The first-order valence-electron chi connectivity index (χ1n) is 17.5. The van der Waals surface area contributed by atoms with E-state index in [1.807, 2.05) is 60.7 Å². The minimum atomic E-state index is -0.989. The Labute approximate surface area is 299 Å². The number of nitrogens with one attached hydrogen (secondary N) is 2. The maximum Gasteiger partial charge on any atom is 0.407 e. The lowest BCUT2D eigenvalue weighted by molar-refractivity contribution is -0.151. The SMILES string of the molecule is C=CCC[C@H](NC(=O)OCC1c2ccccc2-c2ccccc21)C(=O)O[C@@H](C)CNC(=O)[C@@H](CC=C)CC(=O)N1Cc2ccccc2C[C@H]1CO. The lowest BCUT2D eigenvalue weighted by atomic mass is 9.92. The number of carbonyl (C=O) groups excluding carboxylic acids is 4. The maximum atomic E-state index is 13.4. The lowest BCUT2D eigenvalue weighted by Crippen LogP contribution is -2.48. The fourth-order valence-corrected chi connectivity index (χ4v) is 6.88. The predicted molar refractivity (Wildman–Crippen MR) is 194 cm³/mol. The Morgan fingerprint density at radius 2 is 1.59 bits per heavy atom. The quantitative estimate of drug-likeness (QED) is 0.135. The Kier molecular flexibility index (Phi) is 12.8. The summed E-state index contributed by atoms with van der Waals surface area (Å²) in [6.45, 7) is 9.41. The average molecular weight is 694 g/mol. The number of benzene rings is 3. The Bertz CT molecular complexity index is 1690. The molecule has 0 aromatic heterocycles. The molecule has 4 atom stereocenters. The van der Waals surface area contributed by atoms with E-state index in [1.54, 1.807) is 24.0 Å². The summed E-state index contributed by atoms with van der Waals surface area (Å²) >= 11 is 0. The van der Waals surface area contributed by atoms with Crippen LogP contribution in [0.3, 0.4) is 0 Å². The number of allylic oxidation sites excluding steroid dienone is 2. The number of fused-ring (bicyclic) bond motifs is 4. The topological polar surface area (TPSA) is 134 Å². The zero-order valence-corrected chi connectivity index (χ0v) is 29.1. The summed E-state index contributed by atoms with van der Waals surface area (Å²) in [7, 11) is 0. The third kappa shape index (κ3) is 9.12. The van der Waals surface area contributed by atoms with Crippen LogP contribution >= 0.6 is 0 Å². The van der Waals surface area contributed by atoms with E-state index < -0.39 is 30.1 Å². The molecule has 51 heavy (non-hydrogen) atoms. The van der Waals surface area contributed by atoms with Gasteiger partial charge in [-0.05, 0) is 66.0 Å². The molecule has 1 aliphatic heterocycles. The molecule has 268 valence electrons. The van der Waals surface area contributed by atoms with Crippen molar-refractivity contribution in [3.8, 4) is 11.1 Å². The molecule has 10 nitrogen and oxygen atoms in total. The number of carbonyl (C=O) groups is 4. The number of aliphatic hydroxyl groups is 1. The summed E-state index contributed by atoms with van der Waals surface area (Å²) in [5.41, 5.74) is 6.51. The number of hydrogen-bond donors (Lipinski definition) is 3. The summed E-state index contributed by atoms with van der Waals surface area (Å²) in [5.74, 6) is -2.08. The Morgan fingerprint density at radius 3 is 2.24 bits per heavy atom. The summed E-state index contributed by atoms with van der Waals surface area (Å²) in [6, 6.07) is 22.5. The zero-order valence-electron chi connectivity index (χ0n) is 29.1. The fraction of sp³-hybridized carbons (Fsp3) is 0.366. The van der Waals surface area contributed by atoms with Gasteiger partial charge >= 0.3 is 12.1 Å². The Hall–Kier alpha value is -5.22. The van der Waals surface area contributed by atoms with Crippen molar-refractivity contribution >= 4 is 23.9 Å².